The van der Waals surface area contributed by atoms with E-state index in [9.17, 15) is 19.6 Å². The van der Waals surface area contributed by atoms with E-state index >= 15 is 0 Å². The summed E-state index contributed by atoms with van der Waals surface area (Å²) in [4.78, 5) is 39.2. The number of allylic oxidation sites excluding steroid dienone is 1. The van der Waals surface area contributed by atoms with E-state index < -0.39 is 28.7 Å². The molecule has 0 saturated heterocycles. The van der Waals surface area contributed by atoms with Crippen LogP contribution in [0.1, 0.15) is 39.2 Å². The molecule has 166 valence electrons. The van der Waals surface area contributed by atoms with Crippen molar-refractivity contribution in [2.45, 2.75) is 39.0 Å². The molecule has 1 rings (SSSR count). The zero-order valence-corrected chi connectivity index (χ0v) is 18.3. The first kappa shape index (κ1) is 25.6. The number of benzene rings is 1. The molecule has 1 atom stereocenters. The van der Waals surface area contributed by atoms with Crippen LogP contribution in [0.5, 0.6) is 0 Å². The van der Waals surface area contributed by atoms with Crippen molar-refractivity contribution in [2.75, 3.05) is 19.8 Å². The molecule has 0 saturated carbocycles. The number of carbonyl (C=O) groups excluding carboxylic acids is 3. The van der Waals surface area contributed by atoms with Crippen molar-refractivity contribution in [3.63, 3.8) is 0 Å². The average molecular weight is 427 g/mol. The van der Waals surface area contributed by atoms with Crippen molar-refractivity contribution < 1.29 is 28.6 Å². The van der Waals surface area contributed by atoms with Gasteiger partial charge >= 0.3 is 17.9 Å². The summed E-state index contributed by atoms with van der Waals surface area (Å²) in [5, 5.41) is 9.93. The molecule has 0 aromatic heterocycles. The van der Waals surface area contributed by atoms with E-state index in [4.69, 9.17) is 14.2 Å². The largest absolute Gasteiger partial charge is 0.465 e. The van der Waals surface area contributed by atoms with E-state index in [1.807, 2.05) is 6.07 Å². The lowest BCUT2D eigenvalue weighted by Gasteiger charge is -2.34. The highest BCUT2D eigenvalue weighted by Crippen LogP contribution is 2.42. The monoisotopic (exact) mass is 427 g/mol. The third-order valence-corrected chi connectivity index (χ3v) is 4.86. The Hall–Kier alpha value is -3.40. The van der Waals surface area contributed by atoms with Gasteiger partial charge in [-0.1, -0.05) is 43.0 Å². The number of hydrogen-bond donors (Lipinski definition) is 0. The summed E-state index contributed by atoms with van der Waals surface area (Å²) in [6, 6.07) is 10.2. The Morgan fingerprint density at radius 2 is 1.45 bits per heavy atom. The van der Waals surface area contributed by atoms with Gasteiger partial charge in [0.1, 0.15) is 0 Å². The van der Waals surface area contributed by atoms with Crippen LogP contribution in [0.4, 0.5) is 0 Å². The van der Waals surface area contributed by atoms with Crippen molar-refractivity contribution >= 4 is 17.9 Å². The van der Waals surface area contributed by atoms with Gasteiger partial charge < -0.3 is 14.2 Å². The summed E-state index contributed by atoms with van der Waals surface area (Å²) in [5.74, 6) is -2.53. The number of esters is 3. The molecule has 1 aromatic carbocycles. The molecule has 1 aromatic rings. The Morgan fingerprint density at radius 1 is 0.968 bits per heavy atom. The van der Waals surface area contributed by atoms with E-state index in [2.05, 4.69) is 13.2 Å². The molecule has 31 heavy (non-hydrogen) atoms. The molecule has 0 aliphatic carbocycles. The van der Waals surface area contributed by atoms with Crippen LogP contribution in [-0.2, 0) is 34.0 Å². The fourth-order valence-corrected chi connectivity index (χ4v) is 3.28. The van der Waals surface area contributed by atoms with E-state index in [1.165, 1.54) is 6.08 Å². The molecule has 0 heterocycles. The number of nitrogens with zero attached hydrogens (tertiary/aromatic N) is 1. The zero-order valence-electron chi connectivity index (χ0n) is 18.3. The quantitative estimate of drug-likeness (QED) is 0.217. The number of ether oxygens (including phenoxy) is 3. The van der Waals surface area contributed by atoms with Gasteiger partial charge in [0.15, 0.2) is 10.8 Å². The van der Waals surface area contributed by atoms with Crippen molar-refractivity contribution in [2.24, 2.45) is 5.41 Å². The minimum Gasteiger partial charge on any atom is -0.465 e. The molecule has 7 nitrogen and oxygen atoms in total. The van der Waals surface area contributed by atoms with Gasteiger partial charge in [-0.05, 0) is 38.3 Å². The molecular formula is C24H29NO6. The number of rotatable bonds is 12. The van der Waals surface area contributed by atoms with Crippen LogP contribution < -0.4 is 0 Å². The fourth-order valence-electron chi connectivity index (χ4n) is 3.28. The first-order valence-corrected chi connectivity index (χ1v) is 10.1. The minimum absolute atomic E-state index is 0.0211. The van der Waals surface area contributed by atoms with Crippen molar-refractivity contribution in [1.29, 1.82) is 5.26 Å². The Balaban J connectivity index is 3.72. The molecule has 1 unspecified atom stereocenters. The summed E-state index contributed by atoms with van der Waals surface area (Å²) in [6.07, 6.45) is 0.914. The lowest BCUT2D eigenvalue weighted by atomic mass is 9.68. The summed E-state index contributed by atoms with van der Waals surface area (Å²) in [7, 11) is 0. The van der Waals surface area contributed by atoms with Gasteiger partial charge in [0.2, 0.25) is 0 Å². The van der Waals surface area contributed by atoms with Crippen molar-refractivity contribution in [3.8, 4) is 6.07 Å². The molecule has 0 fully saturated rings. The van der Waals surface area contributed by atoms with Crippen molar-refractivity contribution in [3.05, 3.63) is 60.7 Å². The predicted molar refractivity (Wildman–Crippen MR) is 115 cm³/mol. The van der Waals surface area contributed by atoms with E-state index in [-0.39, 0.29) is 38.2 Å². The predicted octanol–water partition coefficient (Wildman–Crippen LogP) is 3.65. The third kappa shape index (κ3) is 5.21. The van der Waals surface area contributed by atoms with Gasteiger partial charge in [0.05, 0.1) is 25.9 Å². The molecule has 0 aliphatic heterocycles. The Labute approximate surface area is 183 Å². The third-order valence-electron chi connectivity index (χ3n) is 4.86. The van der Waals surface area contributed by atoms with Crippen LogP contribution in [0.25, 0.3) is 0 Å². The van der Waals surface area contributed by atoms with Crippen LogP contribution in [0.3, 0.4) is 0 Å². The SMILES string of the molecule is C=CCC(C#N)(C(=C)CC(C(=O)OCC)(C(=O)OCC)c1ccccc1)C(=O)OCC. The van der Waals surface area contributed by atoms with Crippen LogP contribution in [0.15, 0.2) is 55.1 Å². The Bertz CT molecular complexity index is 837. The Kier molecular flexibility index (Phi) is 9.68. The smallest absolute Gasteiger partial charge is 0.331 e. The number of nitriles is 1. The second-order valence-corrected chi connectivity index (χ2v) is 6.72. The minimum atomic E-state index is -1.94. The molecule has 0 bridgehead atoms. The molecule has 0 amide bonds. The van der Waals surface area contributed by atoms with Crippen LogP contribution >= 0.6 is 0 Å². The highest BCUT2D eigenvalue weighted by atomic mass is 16.6. The van der Waals surface area contributed by atoms with Crippen LogP contribution in [0.2, 0.25) is 0 Å². The molecule has 7 heteroatoms. The normalized spacial score (nSPS) is 12.6. The van der Waals surface area contributed by atoms with Gasteiger partial charge in [-0.25, -0.2) is 4.79 Å². The lowest BCUT2D eigenvalue weighted by molar-refractivity contribution is -0.165. The zero-order chi connectivity index (χ0) is 23.5. The molecule has 0 N–H and O–H groups in total. The van der Waals surface area contributed by atoms with Gasteiger partial charge in [0.25, 0.3) is 0 Å². The molecular weight excluding hydrogens is 398 g/mol. The highest BCUT2D eigenvalue weighted by molar-refractivity contribution is 6.07. The molecule has 0 spiro atoms. The van der Waals surface area contributed by atoms with E-state index in [0.29, 0.717) is 5.56 Å². The van der Waals surface area contributed by atoms with Gasteiger partial charge in [-0.3, -0.25) is 9.59 Å². The topological polar surface area (TPSA) is 103 Å². The van der Waals surface area contributed by atoms with E-state index in [1.54, 1.807) is 51.1 Å². The maximum atomic E-state index is 13.2. The maximum absolute atomic E-state index is 13.2. The van der Waals surface area contributed by atoms with Crippen LogP contribution in [0, 0.1) is 16.7 Å². The number of carbonyl (C=O) groups is 3. The standard InChI is InChI=1S/C24H29NO6/c1-6-15-23(17-25,20(26)29-7-2)18(5)16-24(21(27)30-8-3,22(28)31-9-4)19-13-11-10-12-14-19/h6,10-14H,1,5,7-9,15-16H2,2-4H3. The first-order chi connectivity index (χ1) is 14.8. The second-order valence-electron chi connectivity index (χ2n) is 6.72. The van der Waals surface area contributed by atoms with E-state index in [0.717, 1.165) is 0 Å². The molecule has 0 aliphatic rings. The summed E-state index contributed by atoms with van der Waals surface area (Å²) >= 11 is 0. The maximum Gasteiger partial charge on any atom is 0.331 e. The molecule has 0 radical (unpaired) electrons. The summed E-state index contributed by atoms with van der Waals surface area (Å²) in [5.41, 5.74) is -3.43. The van der Waals surface area contributed by atoms with Gasteiger partial charge in [0, 0.05) is 6.42 Å². The average Bonchev–Trinajstić information content (AvgIpc) is 2.76. The fraction of sp³-hybridized carbons (Fsp3) is 0.417. The first-order valence-electron chi connectivity index (χ1n) is 10.1. The second kappa shape index (κ2) is 11.7. The van der Waals surface area contributed by atoms with Gasteiger partial charge in [-0.2, -0.15) is 5.26 Å². The lowest BCUT2D eigenvalue weighted by Crippen LogP contribution is -2.48. The number of hydrogen-bond acceptors (Lipinski definition) is 7. The summed E-state index contributed by atoms with van der Waals surface area (Å²) < 4.78 is 15.6. The highest BCUT2D eigenvalue weighted by Gasteiger charge is 2.54. The van der Waals surface area contributed by atoms with Gasteiger partial charge in [-0.15, -0.1) is 6.58 Å². The summed E-state index contributed by atoms with van der Waals surface area (Å²) in [6.45, 7) is 12.5. The van der Waals surface area contributed by atoms with Crippen LogP contribution in [-0.4, -0.2) is 37.7 Å². The Morgan fingerprint density at radius 3 is 1.87 bits per heavy atom. The van der Waals surface area contributed by atoms with Crippen molar-refractivity contribution in [1.82, 2.24) is 0 Å².